The Kier molecular flexibility index (Phi) is 5.81. The zero-order valence-corrected chi connectivity index (χ0v) is 10.8. The van der Waals surface area contributed by atoms with E-state index in [9.17, 15) is 4.79 Å². The zero-order valence-electron chi connectivity index (χ0n) is 10.8. The van der Waals surface area contributed by atoms with Crippen molar-refractivity contribution < 1.29 is 9.53 Å². The first-order valence-electron chi connectivity index (χ1n) is 6.55. The Bertz CT molecular complexity index is 212. The van der Waals surface area contributed by atoms with Crippen molar-refractivity contribution in [3.05, 3.63) is 0 Å². The third-order valence-electron chi connectivity index (χ3n) is 3.54. The molecular weight excluding hydrogens is 202 g/mol. The quantitative estimate of drug-likeness (QED) is 0.708. The molecular formula is C13H25NO2. The van der Waals surface area contributed by atoms with Gasteiger partial charge in [-0.1, -0.05) is 19.8 Å². The van der Waals surface area contributed by atoms with Crippen molar-refractivity contribution in [2.75, 3.05) is 13.2 Å². The molecule has 0 heterocycles. The molecule has 1 aliphatic rings. The molecule has 3 heteroatoms. The van der Waals surface area contributed by atoms with E-state index in [2.05, 4.69) is 12.2 Å². The lowest BCUT2D eigenvalue weighted by molar-refractivity contribution is -0.147. The summed E-state index contributed by atoms with van der Waals surface area (Å²) in [5.74, 6) is 0.673. The molecule has 2 unspecified atom stereocenters. The van der Waals surface area contributed by atoms with Crippen molar-refractivity contribution >= 4 is 5.97 Å². The predicted octanol–water partition coefficient (Wildman–Crippen LogP) is 2.35. The van der Waals surface area contributed by atoms with Gasteiger partial charge >= 0.3 is 5.97 Å². The highest BCUT2D eigenvalue weighted by Gasteiger charge is 2.22. The van der Waals surface area contributed by atoms with Crippen LogP contribution in [0.15, 0.2) is 0 Å². The van der Waals surface area contributed by atoms with E-state index in [-0.39, 0.29) is 11.9 Å². The Hall–Kier alpha value is -0.570. The Morgan fingerprint density at radius 1 is 1.38 bits per heavy atom. The van der Waals surface area contributed by atoms with Gasteiger partial charge in [-0.25, -0.2) is 0 Å². The first-order valence-corrected chi connectivity index (χ1v) is 6.55. The lowest BCUT2D eigenvalue weighted by atomic mass is 9.99. The minimum atomic E-state index is -0.0892. The van der Waals surface area contributed by atoms with Crippen LogP contribution in [0.4, 0.5) is 0 Å². The molecule has 1 rings (SSSR count). The van der Waals surface area contributed by atoms with E-state index in [0.717, 1.165) is 12.5 Å². The van der Waals surface area contributed by atoms with Gasteiger partial charge in [0.15, 0.2) is 0 Å². The maximum atomic E-state index is 11.4. The van der Waals surface area contributed by atoms with E-state index in [1.807, 2.05) is 13.8 Å². The highest BCUT2D eigenvalue weighted by atomic mass is 16.5. The van der Waals surface area contributed by atoms with Gasteiger partial charge in [0.1, 0.15) is 0 Å². The number of hydrogen-bond acceptors (Lipinski definition) is 3. The molecule has 94 valence electrons. The molecule has 0 saturated heterocycles. The molecule has 1 saturated carbocycles. The molecule has 1 aliphatic carbocycles. The van der Waals surface area contributed by atoms with Gasteiger partial charge in [0, 0.05) is 12.6 Å². The van der Waals surface area contributed by atoms with Crippen LogP contribution in [-0.2, 0) is 9.53 Å². The molecule has 0 aromatic carbocycles. The smallest absolute Gasteiger partial charge is 0.309 e. The maximum Gasteiger partial charge on any atom is 0.309 e. The minimum Gasteiger partial charge on any atom is -0.466 e. The minimum absolute atomic E-state index is 0.0381. The van der Waals surface area contributed by atoms with Crippen LogP contribution in [0, 0.1) is 11.8 Å². The molecule has 3 nitrogen and oxygen atoms in total. The van der Waals surface area contributed by atoms with E-state index in [1.54, 1.807) is 0 Å². The summed E-state index contributed by atoms with van der Waals surface area (Å²) in [4.78, 5) is 11.4. The second kappa shape index (κ2) is 6.89. The van der Waals surface area contributed by atoms with E-state index >= 15 is 0 Å². The Labute approximate surface area is 98.9 Å². The standard InChI is InChI=1S/C13H25NO2/c1-4-16-13(15)10(2)9-14-11(3)12-7-5-6-8-12/h10-12,14H,4-9H2,1-3H3. The summed E-state index contributed by atoms with van der Waals surface area (Å²) in [5, 5.41) is 3.46. The zero-order chi connectivity index (χ0) is 12.0. The Morgan fingerprint density at radius 3 is 2.56 bits per heavy atom. The molecule has 16 heavy (non-hydrogen) atoms. The number of esters is 1. The molecule has 0 amide bonds. The van der Waals surface area contributed by atoms with Crippen molar-refractivity contribution in [1.82, 2.24) is 5.32 Å². The fourth-order valence-corrected chi connectivity index (χ4v) is 2.35. The van der Waals surface area contributed by atoms with Crippen molar-refractivity contribution in [3.63, 3.8) is 0 Å². The first-order chi connectivity index (χ1) is 7.65. The molecule has 0 bridgehead atoms. The summed E-state index contributed by atoms with van der Waals surface area (Å²) in [6.45, 7) is 7.21. The highest BCUT2D eigenvalue weighted by molar-refractivity contribution is 5.72. The van der Waals surface area contributed by atoms with E-state index in [1.165, 1.54) is 25.7 Å². The SMILES string of the molecule is CCOC(=O)C(C)CNC(C)C1CCCC1. The van der Waals surface area contributed by atoms with Crippen molar-refractivity contribution in [3.8, 4) is 0 Å². The van der Waals surface area contributed by atoms with Crippen molar-refractivity contribution in [2.45, 2.75) is 52.5 Å². The van der Waals surface area contributed by atoms with Gasteiger partial charge in [-0.15, -0.1) is 0 Å². The average molecular weight is 227 g/mol. The fourth-order valence-electron chi connectivity index (χ4n) is 2.35. The van der Waals surface area contributed by atoms with Gasteiger partial charge in [-0.2, -0.15) is 0 Å². The summed E-state index contributed by atoms with van der Waals surface area (Å²) in [7, 11) is 0. The molecule has 1 N–H and O–H groups in total. The topological polar surface area (TPSA) is 38.3 Å². The van der Waals surface area contributed by atoms with Crippen LogP contribution in [0.5, 0.6) is 0 Å². The second-order valence-electron chi connectivity index (χ2n) is 4.89. The monoisotopic (exact) mass is 227 g/mol. The molecule has 0 aromatic heterocycles. The molecule has 0 radical (unpaired) electrons. The van der Waals surface area contributed by atoms with E-state index in [0.29, 0.717) is 12.6 Å². The van der Waals surface area contributed by atoms with Crippen molar-refractivity contribution in [1.29, 1.82) is 0 Å². The number of rotatable bonds is 6. The van der Waals surface area contributed by atoms with Crippen molar-refractivity contribution in [2.24, 2.45) is 11.8 Å². The normalized spacial score (nSPS) is 20.7. The lowest BCUT2D eigenvalue weighted by Crippen LogP contribution is -2.37. The van der Waals surface area contributed by atoms with E-state index in [4.69, 9.17) is 4.74 Å². The van der Waals surface area contributed by atoms with Gasteiger partial charge in [0.05, 0.1) is 12.5 Å². The van der Waals surface area contributed by atoms with Gasteiger partial charge in [-0.3, -0.25) is 4.79 Å². The molecule has 1 fully saturated rings. The van der Waals surface area contributed by atoms with Crippen LogP contribution >= 0.6 is 0 Å². The number of nitrogens with one attached hydrogen (secondary N) is 1. The van der Waals surface area contributed by atoms with Crippen LogP contribution in [0.2, 0.25) is 0 Å². The average Bonchev–Trinajstić information content (AvgIpc) is 2.79. The Morgan fingerprint density at radius 2 is 2.00 bits per heavy atom. The van der Waals surface area contributed by atoms with Gasteiger partial charge in [-0.05, 0) is 32.6 Å². The maximum absolute atomic E-state index is 11.4. The van der Waals surface area contributed by atoms with Crippen LogP contribution in [0.3, 0.4) is 0 Å². The molecule has 0 aliphatic heterocycles. The van der Waals surface area contributed by atoms with E-state index < -0.39 is 0 Å². The number of ether oxygens (including phenoxy) is 1. The number of hydrogen-bond donors (Lipinski definition) is 1. The summed E-state index contributed by atoms with van der Waals surface area (Å²) in [6.07, 6.45) is 5.40. The number of carbonyl (C=O) groups excluding carboxylic acids is 1. The van der Waals surface area contributed by atoms with Gasteiger partial charge < -0.3 is 10.1 Å². The summed E-state index contributed by atoms with van der Waals surface area (Å²) in [6, 6.07) is 0.527. The number of carbonyl (C=O) groups is 1. The third-order valence-corrected chi connectivity index (χ3v) is 3.54. The second-order valence-corrected chi connectivity index (χ2v) is 4.89. The van der Waals surface area contributed by atoms with Crippen LogP contribution in [0.1, 0.15) is 46.5 Å². The van der Waals surface area contributed by atoms with Crippen LogP contribution < -0.4 is 5.32 Å². The molecule has 0 spiro atoms. The summed E-state index contributed by atoms with van der Waals surface area (Å²) < 4.78 is 4.98. The van der Waals surface area contributed by atoms with Gasteiger partial charge in [0.2, 0.25) is 0 Å². The van der Waals surface area contributed by atoms with Crippen LogP contribution in [-0.4, -0.2) is 25.2 Å². The highest BCUT2D eigenvalue weighted by Crippen LogP contribution is 2.27. The summed E-state index contributed by atoms with van der Waals surface area (Å²) in [5.41, 5.74) is 0. The lowest BCUT2D eigenvalue weighted by Gasteiger charge is -2.22. The Balaban J connectivity index is 2.19. The summed E-state index contributed by atoms with van der Waals surface area (Å²) >= 11 is 0. The largest absolute Gasteiger partial charge is 0.466 e. The molecule has 0 aromatic rings. The molecule has 2 atom stereocenters. The first kappa shape index (κ1) is 13.5. The third kappa shape index (κ3) is 4.12. The fraction of sp³-hybridized carbons (Fsp3) is 0.923. The predicted molar refractivity (Wildman–Crippen MR) is 65.2 cm³/mol. The van der Waals surface area contributed by atoms with Crippen LogP contribution in [0.25, 0.3) is 0 Å². The van der Waals surface area contributed by atoms with Gasteiger partial charge in [0.25, 0.3) is 0 Å².